The van der Waals surface area contributed by atoms with E-state index in [2.05, 4.69) is 42.7 Å². The summed E-state index contributed by atoms with van der Waals surface area (Å²) in [4.78, 5) is 16.9. The van der Waals surface area contributed by atoms with Crippen molar-refractivity contribution in [2.24, 2.45) is 0 Å². The number of thiocarbonyl (C=S) groups is 1. The Kier molecular flexibility index (Phi) is 7.32. The molecule has 2 heterocycles. The smallest absolute Gasteiger partial charge is 0.231 e. The van der Waals surface area contributed by atoms with Gasteiger partial charge in [0.25, 0.3) is 0 Å². The highest BCUT2D eigenvalue weighted by Crippen LogP contribution is 2.25. The number of aryl methyl sites for hydroxylation is 1. The van der Waals surface area contributed by atoms with E-state index in [-0.39, 0.29) is 0 Å². The summed E-state index contributed by atoms with van der Waals surface area (Å²) in [6.45, 7) is 0.751. The maximum atomic E-state index is 6.09. The number of halogens is 1. The van der Waals surface area contributed by atoms with Crippen molar-refractivity contribution in [2.75, 3.05) is 11.9 Å². The Morgan fingerprint density at radius 3 is 2.63 bits per heavy atom. The summed E-state index contributed by atoms with van der Waals surface area (Å²) in [5.74, 6) is 0.335. The molecule has 0 bridgehead atoms. The zero-order chi connectivity index (χ0) is 18.9. The Bertz CT molecular complexity index is 880. The molecule has 0 aliphatic carbocycles. The van der Waals surface area contributed by atoms with Crippen LogP contribution in [0.5, 0.6) is 0 Å². The van der Waals surface area contributed by atoms with Crippen molar-refractivity contribution in [1.29, 1.82) is 0 Å². The first-order valence-electron chi connectivity index (χ1n) is 8.27. The maximum Gasteiger partial charge on any atom is 0.231 e. The minimum Gasteiger partial charge on any atom is -0.362 e. The second-order valence-corrected chi connectivity index (χ2v) is 7.24. The van der Waals surface area contributed by atoms with Gasteiger partial charge in [0.2, 0.25) is 5.95 Å². The highest BCUT2D eigenvalue weighted by Gasteiger charge is 2.08. The average molecular weight is 417 g/mol. The third-order valence-electron chi connectivity index (χ3n) is 3.41. The summed E-state index contributed by atoms with van der Waals surface area (Å²) in [6.07, 6.45) is 5.30. The van der Waals surface area contributed by atoms with Gasteiger partial charge in [-0.1, -0.05) is 41.9 Å². The monoisotopic (exact) mass is 416 g/mol. The summed E-state index contributed by atoms with van der Waals surface area (Å²) < 4.78 is 0. The van der Waals surface area contributed by atoms with Gasteiger partial charge in [0.05, 0.1) is 0 Å². The lowest BCUT2D eigenvalue weighted by molar-refractivity contribution is 0.777. The van der Waals surface area contributed by atoms with E-state index in [1.54, 1.807) is 24.5 Å². The van der Waals surface area contributed by atoms with Crippen LogP contribution in [-0.2, 0) is 6.42 Å². The average Bonchev–Trinajstić information content (AvgIpc) is 2.66. The van der Waals surface area contributed by atoms with Crippen LogP contribution in [0.4, 0.5) is 5.95 Å². The van der Waals surface area contributed by atoms with Crippen LogP contribution in [-0.4, -0.2) is 31.6 Å². The van der Waals surface area contributed by atoms with Crippen LogP contribution < -0.4 is 10.6 Å². The Hall–Kier alpha value is -2.29. The van der Waals surface area contributed by atoms with Crippen molar-refractivity contribution < 1.29 is 0 Å². The van der Waals surface area contributed by atoms with Crippen molar-refractivity contribution in [1.82, 2.24) is 25.3 Å². The number of hydrogen-bond acceptors (Lipinski definition) is 6. The largest absolute Gasteiger partial charge is 0.362 e. The minimum absolute atomic E-state index is 0.317. The molecule has 0 saturated carbocycles. The van der Waals surface area contributed by atoms with Gasteiger partial charge >= 0.3 is 0 Å². The number of benzene rings is 1. The molecule has 0 atom stereocenters. The molecule has 0 saturated heterocycles. The van der Waals surface area contributed by atoms with Crippen LogP contribution in [0.25, 0.3) is 0 Å². The van der Waals surface area contributed by atoms with E-state index >= 15 is 0 Å². The predicted molar refractivity (Wildman–Crippen MR) is 112 cm³/mol. The summed E-state index contributed by atoms with van der Waals surface area (Å²) in [5, 5.41) is 8.11. The van der Waals surface area contributed by atoms with Gasteiger partial charge in [-0.2, -0.15) is 0 Å². The molecule has 0 aliphatic heterocycles. The zero-order valence-electron chi connectivity index (χ0n) is 14.3. The molecule has 6 nitrogen and oxygen atoms in total. The lowest BCUT2D eigenvalue weighted by Crippen LogP contribution is -2.30. The standard InChI is InChI=1S/C18H17ClN6S2/c19-14-12-15(27-18-21-10-5-11-22-18)24-16(23-14)25-17(26)20-9-4-8-13-6-2-1-3-7-13/h1-3,5-7,10-12H,4,8-9H2,(H2,20,23,24,25,26). The van der Waals surface area contributed by atoms with Gasteiger partial charge in [-0.15, -0.1) is 0 Å². The molecule has 0 spiro atoms. The van der Waals surface area contributed by atoms with E-state index in [0.29, 0.717) is 26.4 Å². The molecule has 3 rings (SSSR count). The Labute approximate surface area is 172 Å². The second-order valence-electron chi connectivity index (χ2n) is 5.46. The van der Waals surface area contributed by atoms with Crippen molar-refractivity contribution in [3.63, 3.8) is 0 Å². The van der Waals surface area contributed by atoms with Crippen LogP contribution in [0.15, 0.2) is 65.0 Å². The molecular formula is C18H17ClN6S2. The normalized spacial score (nSPS) is 10.4. The van der Waals surface area contributed by atoms with Gasteiger partial charge in [-0.05, 0) is 48.5 Å². The van der Waals surface area contributed by atoms with Crippen molar-refractivity contribution >= 4 is 46.6 Å². The van der Waals surface area contributed by atoms with E-state index in [1.807, 2.05) is 18.2 Å². The van der Waals surface area contributed by atoms with Crippen LogP contribution in [0.3, 0.4) is 0 Å². The Morgan fingerprint density at radius 1 is 1.07 bits per heavy atom. The molecular weight excluding hydrogens is 400 g/mol. The summed E-state index contributed by atoms with van der Waals surface area (Å²) in [6, 6.07) is 13.7. The van der Waals surface area contributed by atoms with Gasteiger partial charge in [0.15, 0.2) is 10.3 Å². The zero-order valence-corrected chi connectivity index (χ0v) is 16.7. The van der Waals surface area contributed by atoms with E-state index in [9.17, 15) is 0 Å². The van der Waals surface area contributed by atoms with E-state index in [1.165, 1.54) is 17.3 Å². The van der Waals surface area contributed by atoms with Gasteiger partial charge in [0.1, 0.15) is 10.2 Å². The van der Waals surface area contributed by atoms with Crippen molar-refractivity contribution in [2.45, 2.75) is 23.0 Å². The summed E-state index contributed by atoms with van der Waals surface area (Å²) >= 11 is 12.7. The first-order valence-corrected chi connectivity index (χ1v) is 9.87. The first-order chi connectivity index (χ1) is 13.2. The third kappa shape index (κ3) is 6.74. The quantitative estimate of drug-likeness (QED) is 0.259. The van der Waals surface area contributed by atoms with E-state index in [4.69, 9.17) is 23.8 Å². The summed E-state index contributed by atoms with van der Waals surface area (Å²) in [7, 11) is 0. The molecule has 3 aromatic rings. The van der Waals surface area contributed by atoms with Gasteiger partial charge < -0.3 is 10.6 Å². The number of aromatic nitrogens is 4. The first kappa shape index (κ1) is 19.5. The molecule has 9 heteroatoms. The highest BCUT2D eigenvalue weighted by atomic mass is 35.5. The molecule has 1 aromatic carbocycles. The molecule has 27 heavy (non-hydrogen) atoms. The molecule has 0 unspecified atom stereocenters. The Morgan fingerprint density at radius 2 is 1.85 bits per heavy atom. The van der Waals surface area contributed by atoms with Gasteiger partial charge in [-0.3, -0.25) is 0 Å². The lowest BCUT2D eigenvalue weighted by Gasteiger charge is -2.10. The maximum absolute atomic E-state index is 6.09. The summed E-state index contributed by atoms with van der Waals surface area (Å²) in [5.41, 5.74) is 1.31. The van der Waals surface area contributed by atoms with Crippen LogP contribution >= 0.6 is 35.6 Å². The van der Waals surface area contributed by atoms with Crippen LogP contribution in [0.1, 0.15) is 12.0 Å². The van der Waals surface area contributed by atoms with E-state index < -0.39 is 0 Å². The van der Waals surface area contributed by atoms with Crippen LogP contribution in [0, 0.1) is 0 Å². The third-order valence-corrected chi connectivity index (χ3v) is 4.66. The van der Waals surface area contributed by atoms with Gasteiger partial charge in [-0.25, -0.2) is 19.9 Å². The van der Waals surface area contributed by atoms with Crippen molar-refractivity contribution in [3.05, 3.63) is 65.6 Å². The lowest BCUT2D eigenvalue weighted by atomic mass is 10.1. The van der Waals surface area contributed by atoms with E-state index in [0.717, 1.165) is 19.4 Å². The molecule has 0 amide bonds. The number of anilines is 1. The van der Waals surface area contributed by atoms with Gasteiger partial charge in [0, 0.05) is 25.0 Å². The fourth-order valence-electron chi connectivity index (χ4n) is 2.22. The molecule has 0 radical (unpaired) electrons. The molecule has 138 valence electrons. The van der Waals surface area contributed by atoms with Crippen molar-refractivity contribution in [3.8, 4) is 0 Å². The highest BCUT2D eigenvalue weighted by molar-refractivity contribution is 7.99. The topological polar surface area (TPSA) is 75.6 Å². The number of nitrogens with zero attached hydrogens (tertiary/aromatic N) is 4. The minimum atomic E-state index is 0.317. The fraction of sp³-hybridized carbons (Fsp3) is 0.167. The molecule has 0 fully saturated rings. The SMILES string of the molecule is S=C(NCCCc1ccccc1)Nc1nc(Cl)cc(Sc2ncccn2)n1. The fourth-order valence-corrected chi connectivity index (χ4v) is 3.38. The molecule has 2 aromatic heterocycles. The second kappa shape index (κ2) is 10.1. The molecule has 2 N–H and O–H groups in total. The number of hydrogen-bond donors (Lipinski definition) is 2. The Balaban J connectivity index is 1.50. The van der Waals surface area contributed by atoms with Crippen LogP contribution in [0.2, 0.25) is 5.15 Å². The predicted octanol–water partition coefficient (Wildman–Crippen LogP) is 3.99. The molecule has 0 aliphatic rings. The number of nitrogens with one attached hydrogen (secondary N) is 2. The number of rotatable bonds is 7.